The summed E-state index contributed by atoms with van der Waals surface area (Å²) in [4.78, 5) is 7.74. The van der Waals surface area contributed by atoms with Crippen LogP contribution in [0.3, 0.4) is 0 Å². The molecular formula is C16H17F3N6O3S. The minimum absolute atomic E-state index is 0.0208. The highest BCUT2D eigenvalue weighted by atomic mass is 32.2. The molecule has 0 saturated heterocycles. The number of ether oxygens (including phenoxy) is 1. The van der Waals surface area contributed by atoms with Crippen LogP contribution in [0.1, 0.15) is 5.56 Å². The molecule has 0 bridgehead atoms. The third-order valence-electron chi connectivity index (χ3n) is 3.38. The van der Waals surface area contributed by atoms with Crippen LogP contribution in [0.4, 0.5) is 30.6 Å². The summed E-state index contributed by atoms with van der Waals surface area (Å²) in [5, 5.41) is 13.8. The highest BCUT2D eigenvalue weighted by molar-refractivity contribution is 7.89. The molecule has 0 amide bonds. The van der Waals surface area contributed by atoms with E-state index in [0.29, 0.717) is 5.69 Å². The molecule has 1 aromatic heterocycles. The van der Waals surface area contributed by atoms with Gasteiger partial charge in [-0.05, 0) is 24.3 Å². The Morgan fingerprint density at radius 3 is 2.52 bits per heavy atom. The van der Waals surface area contributed by atoms with Crippen molar-refractivity contribution in [1.29, 1.82) is 5.26 Å². The van der Waals surface area contributed by atoms with Crippen LogP contribution < -0.4 is 15.4 Å². The first-order valence-corrected chi connectivity index (χ1v) is 9.56. The Morgan fingerprint density at radius 2 is 1.93 bits per heavy atom. The van der Waals surface area contributed by atoms with Crippen molar-refractivity contribution in [2.75, 3.05) is 37.4 Å². The number of nitriles is 1. The average molecular weight is 430 g/mol. The van der Waals surface area contributed by atoms with Crippen molar-refractivity contribution in [3.8, 4) is 6.07 Å². The van der Waals surface area contributed by atoms with E-state index in [0.717, 1.165) is 6.20 Å². The summed E-state index contributed by atoms with van der Waals surface area (Å²) in [6, 6.07) is 7.26. The molecule has 2 aromatic rings. The van der Waals surface area contributed by atoms with Gasteiger partial charge in [0.1, 0.15) is 24.0 Å². The molecule has 0 atom stereocenters. The maximum Gasteiger partial charge on any atom is 0.405 e. The van der Waals surface area contributed by atoms with E-state index < -0.39 is 22.7 Å². The maximum absolute atomic E-state index is 12.4. The summed E-state index contributed by atoms with van der Waals surface area (Å²) < 4.78 is 68.5. The molecule has 1 heterocycles. The second kappa shape index (κ2) is 9.50. The molecule has 0 unspecified atom stereocenters. The summed E-state index contributed by atoms with van der Waals surface area (Å²) in [5.74, 6) is -0.341. The van der Waals surface area contributed by atoms with Gasteiger partial charge in [0, 0.05) is 19.3 Å². The first-order chi connectivity index (χ1) is 13.6. The van der Waals surface area contributed by atoms with Crippen LogP contribution in [0, 0.1) is 11.3 Å². The van der Waals surface area contributed by atoms with E-state index in [1.54, 1.807) is 6.07 Å². The monoisotopic (exact) mass is 430 g/mol. The van der Waals surface area contributed by atoms with Crippen LogP contribution >= 0.6 is 0 Å². The molecule has 156 valence electrons. The molecule has 0 saturated carbocycles. The SMILES string of the molecule is COCCNS(=O)(=O)c1ccc(Nc2ncc(C#N)c(NCC(F)(F)F)n2)cc1. The largest absolute Gasteiger partial charge is 0.405 e. The van der Waals surface area contributed by atoms with E-state index in [1.807, 2.05) is 5.32 Å². The van der Waals surface area contributed by atoms with E-state index in [9.17, 15) is 21.6 Å². The zero-order valence-electron chi connectivity index (χ0n) is 15.1. The van der Waals surface area contributed by atoms with Crippen LogP contribution in [0.5, 0.6) is 0 Å². The summed E-state index contributed by atoms with van der Waals surface area (Å²) in [6.07, 6.45) is -3.41. The molecule has 9 nitrogen and oxygen atoms in total. The number of sulfonamides is 1. The molecule has 0 radical (unpaired) electrons. The van der Waals surface area contributed by atoms with Crippen LogP contribution in [0.2, 0.25) is 0 Å². The fourth-order valence-corrected chi connectivity index (χ4v) is 3.06. The number of nitrogens with zero attached hydrogens (tertiary/aromatic N) is 3. The molecule has 3 N–H and O–H groups in total. The van der Waals surface area contributed by atoms with Crippen molar-refractivity contribution in [3.63, 3.8) is 0 Å². The van der Waals surface area contributed by atoms with E-state index in [4.69, 9.17) is 10.00 Å². The van der Waals surface area contributed by atoms with Crippen LogP contribution in [-0.2, 0) is 14.8 Å². The predicted molar refractivity (Wildman–Crippen MR) is 98.1 cm³/mol. The molecule has 0 spiro atoms. The van der Waals surface area contributed by atoms with E-state index >= 15 is 0 Å². The number of methoxy groups -OCH3 is 1. The zero-order valence-corrected chi connectivity index (χ0v) is 15.9. The van der Waals surface area contributed by atoms with Gasteiger partial charge in [0.25, 0.3) is 0 Å². The number of anilines is 3. The summed E-state index contributed by atoms with van der Waals surface area (Å²) >= 11 is 0. The maximum atomic E-state index is 12.4. The van der Waals surface area contributed by atoms with Gasteiger partial charge in [0.05, 0.1) is 17.7 Å². The number of hydrogen-bond acceptors (Lipinski definition) is 8. The molecule has 0 aliphatic heterocycles. The van der Waals surface area contributed by atoms with Crippen LogP contribution in [-0.4, -0.2) is 51.4 Å². The molecule has 13 heteroatoms. The van der Waals surface area contributed by atoms with Gasteiger partial charge in [-0.1, -0.05) is 0 Å². The molecule has 0 fully saturated rings. The average Bonchev–Trinajstić information content (AvgIpc) is 2.66. The van der Waals surface area contributed by atoms with Gasteiger partial charge in [-0.15, -0.1) is 0 Å². The topological polar surface area (TPSA) is 129 Å². The lowest BCUT2D eigenvalue weighted by Crippen LogP contribution is -2.27. The molecule has 0 aliphatic carbocycles. The summed E-state index contributed by atoms with van der Waals surface area (Å²) in [5.41, 5.74) is 0.246. The molecule has 1 aromatic carbocycles. The number of nitrogens with one attached hydrogen (secondary N) is 3. The standard InChI is InChI=1S/C16H17F3N6O3S/c1-28-7-6-23-29(26,27)13-4-2-12(3-5-13)24-15-21-9-11(8-20)14(25-15)22-10-16(17,18)19/h2-5,9,23H,6-7,10H2,1H3,(H2,21,22,24,25). The summed E-state index contributed by atoms with van der Waals surface area (Å²) in [6.45, 7) is -1.02. The fourth-order valence-electron chi connectivity index (χ4n) is 2.05. The normalized spacial score (nSPS) is 11.7. The Hall–Kier alpha value is -2.95. The van der Waals surface area contributed by atoms with Gasteiger partial charge < -0.3 is 15.4 Å². The minimum Gasteiger partial charge on any atom is -0.383 e. The minimum atomic E-state index is -4.48. The molecule has 2 rings (SSSR count). The smallest absolute Gasteiger partial charge is 0.383 e. The highest BCUT2D eigenvalue weighted by Gasteiger charge is 2.27. The second-order valence-electron chi connectivity index (χ2n) is 5.58. The van der Waals surface area contributed by atoms with Crippen molar-refractivity contribution in [2.45, 2.75) is 11.1 Å². The Morgan fingerprint density at radius 1 is 1.24 bits per heavy atom. The number of alkyl halides is 3. The lowest BCUT2D eigenvalue weighted by atomic mass is 10.3. The number of halogens is 3. The third-order valence-corrected chi connectivity index (χ3v) is 4.86. The Balaban J connectivity index is 2.12. The second-order valence-corrected chi connectivity index (χ2v) is 7.34. The van der Waals surface area contributed by atoms with Gasteiger partial charge in [0.15, 0.2) is 0 Å². The first-order valence-electron chi connectivity index (χ1n) is 8.08. The Labute approximate surface area is 165 Å². The predicted octanol–water partition coefficient (Wildman–Crippen LogP) is 1.99. The van der Waals surface area contributed by atoms with Crippen molar-refractivity contribution >= 4 is 27.5 Å². The van der Waals surface area contributed by atoms with Crippen molar-refractivity contribution in [3.05, 3.63) is 36.0 Å². The Kier molecular flexibility index (Phi) is 7.32. The lowest BCUT2D eigenvalue weighted by Gasteiger charge is -2.12. The fraction of sp³-hybridized carbons (Fsp3) is 0.312. The zero-order chi connectivity index (χ0) is 21.5. The van der Waals surface area contributed by atoms with Gasteiger partial charge >= 0.3 is 6.18 Å². The van der Waals surface area contributed by atoms with Crippen molar-refractivity contribution in [2.24, 2.45) is 0 Å². The molecule has 0 aliphatic rings. The lowest BCUT2D eigenvalue weighted by molar-refractivity contribution is -0.115. The van der Waals surface area contributed by atoms with Crippen molar-refractivity contribution in [1.82, 2.24) is 14.7 Å². The van der Waals surface area contributed by atoms with Gasteiger partial charge in [-0.2, -0.15) is 23.4 Å². The van der Waals surface area contributed by atoms with E-state index in [-0.39, 0.29) is 35.4 Å². The van der Waals surface area contributed by atoms with E-state index in [1.165, 1.54) is 31.4 Å². The summed E-state index contributed by atoms with van der Waals surface area (Å²) in [7, 11) is -2.25. The number of hydrogen-bond donors (Lipinski definition) is 3. The van der Waals surface area contributed by atoms with Crippen molar-refractivity contribution < 1.29 is 26.3 Å². The number of rotatable bonds is 9. The van der Waals surface area contributed by atoms with Gasteiger partial charge in [-0.3, -0.25) is 0 Å². The van der Waals surface area contributed by atoms with Gasteiger partial charge in [0.2, 0.25) is 16.0 Å². The third kappa shape index (κ3) is 6.86. The quantitative estimate of drug-likeness (QED) is 0.515. The van der Waals surface area contributed by atoms with E-state index in [2.05, 4.69) is 20.0 Å². The van der Waals surface area contributed by atoms with Gasteiger partial charge in [-0.25, -0.2) is 18.1 Å². The number of benzene rings is 1. The highest BCUT2D eigenvalue weighted by Crippen LogP contribution is 2.21. The van der Waals surface area contributed by atoms with Crippen LogP contribution in [0.25, 0.3) is 0 Å². The first kappa shape index (κ1) is 22.3. The van der Waals surface area contributed by atoms with Crippen LogP contribution in [0.15, 0.2) is 35.4 Å². The molecule has 29 heavy (non-hydrogen) atoms. The number of aromatic nitrogens is 2. The Bertz CT molecular complexity index is 975. The molecular weight excluding hydrogens is 413 g/mol.